The van der Waals surface area contributed by atoms with Gasteiger partial charge in [-0.1, -0.05) is 12.1 Å². The summed E-state index contributed by atoms with van der Waals surface area (Å²) in [6.07, 6.45) is 4.36. The standard InChI is InChI=1S/C17H26N2O/c1-13-11-19(12-14(2)20-13)9-7-15-5-6-17-16(10-15)4-3-8-18-17/h5-6,10,13-14,18H,3-4,7-9,11-12H2,1-2H3. The van der Waals surface area contributed by atoms with Gasteiger partial charge < -0.3 is 10.1 Å². The lowest BCUT2D eigenvalue weighted by molar-refractivity contribution is -0.0675. The van der Waals surface area contributed by atoms with Gasteiger partial charge in [-0.05, 0) is 50.3 Å². The zero-order valence-electron chi connectivity index (χ0n) is 12.7. The van der Waals surface area contributed by atoms with Crippen LogP contribution in [0, 0.1) is 0 Å². The summed E-state index contributed by atoms with van der Waals surface area (Å²) in [5.74, 6) is 0. The van der Waals surface area contributed by atoms with Crippen LogP contribution in [0.4, 0.5) is 5.69 Å². The summed E-state index contributed by atoms with van der Waals surface area (Å²) in [6.45, 7) is 8.74. The highest BCUT2D eigenvalue weighted by molar-refractivity contribution is 5.54. The molecule has 2 unspecified atom stereocenters. The largest absolute Gasteiger partial charge is 0.385 e. The third kappa shape index (κ3) is 3.33. The van der Waals surface area contributed by atoms with Gasteiger partial charge in [0.2, 0.25) is 0 Å². The van der Waals surface area contributed by atoms with Crippen LogP contribution in [0.25, 0.3) is 0 Å². The lowest BCUT2D eigenvalue weighted by atomic mass is 9.99. The minimum absolute atomic E-state index is 0.367. The summed E-state index contributed by atoms with van der Waals surface area (Å²) in [5.41, 5.74) is 4.31. The van der Waals surface area contributed by atoms with E-state index >= 15 is 0 Å². The molecule has 0 amide bonds. The molecule has 20 heavy (non-hydrogen) atoms. The number of hydrogen-bond donors (Lipinski definition) is 1. The molecule has 2 aliphatic rings. The number of aryl methyl sites for hydroxylation is 1. The maximum absolute atomic E-state index is 5.79. The van der Waals surface area contributed by atoms with Crippen molar-refractivity contribution in [1.82, 2.24) is 4.90 Å². The van der Waals surface area contributed by atoms with Crippen molar-refractivity contribution in [1.29, 1.82) is 0 Å². The fourth-order valence-electron chi connectivity index (χ4n) is 3.44. The topological polar surface area (TPSA) is 24.5 Å². The van der Waals surface area contributed by atoms with Crippen LogP contribution in [0.3, 0.4) is 0 Å². The number of rotatable bonds is 3. The molecule has 2 heterocycles. The van der Waals surface area contributed by atoms with E-state index < -0.39 is 0 Å². The van der Waals surface area contributed by atoms with Crippen LogP contribution >= 0.6 is 0 Å². The van der Waals surface area contributed by atoms with E-state index in [9.17, 15) is 0 Å². The molecule has 2 aliphatic heterocycles. The molecular formula is C17H26N2O. The number of hydrogen-bond acceptors (Lipinski definition) is 3. The van der Waals surface area contributed by atoms with Crippen molar-refractivity contribution in [2.45, 2.75) is 45.3 Å². The molecule has 3 heteroatoms. The second-order valence-electron chi connectivity index (χ2n) is 6.29. The highest BCUT2D eigenvalue weighted by atomic mass is 16.5. The number of fused-ring (bicyclic) bond motifs is 1. The molecule has 0 bridgehead atoms. The Kier molecular flexibility index (Phi) is 4.27. The summed E-state index contributed by atoms with van der Waals surface area (Å²) in [5, 5.41) is 3.48. The Bertz CT molecular complexity index is 450. The van der Waals surface area contributed by atoms with E-state index in [1.807, 2.05) is 0 Å². The second-order valence-corrected chi connectivity index (χ2v) is 6.29. The molecule has 1 aromatic rings. The molecule has 2 atom stereocenters. The van der Waals surface area contributed by atoms with Gasteiger partial charge in [-0.25, -0.2) is 0 Å². The zero-order valence-corrected chi connectivity index (χ0v) is 12.7. The van der Waals surface area contributed by atoms with Crippen molar-refractivity contribution in [3.05, 3.63) is 29.3 Å². The highest BCUT2D eigenvalue weighted by Crippen LogP contribution is 2.23. The highest BCUT2D eigenvalue weighted by Gasteiger charge is 2.21. The number of nitrogens with one attached hydrogen (secondary N) is 1. The van der Waals surface area contributed by atoms with Gasteiger partial charge in [-0.3, -0.25) is 4.90 Å². The average Bonchev–Trinajstić information content (AvgIpc) is 2.44. The minimum Gasteiger partial charge on any atom is -0.385 e. The van der Waals surface area contributed by atoms with Gasteiger partial charge in [0, 0.05) is 31.9 Å². The van der Waals surface area contributed by atoms with Crippen molar-refractivity contribution in [3.8, 4) is 0 Å². The molecule has 3 rings (SSSR count). The summed E-state index contributed by atoms with van der Waals surface area (Å²) >= 11 is 0. The maximum Gasteiger partial charge on any atom is 0.0678 e. The molecular weight excluding hydrogens is 248 g/mol. The van der Waals surface area contributed by atoms with Gasteiger partial charge in [0.05, 0.1) is 12.2 Å². The summed E-state index contributed by atoms with van der Waals surface area (Å²) in [7, 11) is 0. The Labute approximate surface area is 122 Å². The SMILES string of the molecule is CC1CN(CCc2ccc3c(c2)CCCN3)CC(C)O1. The second kappa shape index (κ2) is 6.15. The quantitative estimate of drug-likeness (QED) is 0.917. The van der Waals surface area contributed by atoms with Crippen LogP contribution in [-0.4, -0.2) is 43.3 Å². The smallest absolute Gasteiger partial charge is 0.0678 e. The van der Waals surface area contributed by atoms with Crippen LogP contribution in [-0.2, 0) is 17.6 Å². The lowest BCUT2D eigenvalue weighted by Gasteiger charge is -2.35. The number of morpholine rings is 1. The van der Waals surface area contributed by atoms with Crippen LogP contribution in [0.15, 0.2) is 18.2 Å². The van der Waals surface area contributed by atoms with E-state index in [-0.39, 0.29) is 0 Å². The minimum atomic E-state index is 0.367. The summed E-state index contributed by atoms with van der Waals surface area (Å²) in [4.78, 5) is 2.54. The van der Waals surface area contributed by atoms with Crippen LogP contribution in [0.5, 0.6) is 0 Å². The zero-order chi connectivity index (χ0) is 13.9. The Morgan fingerprint density at radius 3 is 2.85 bits per heavy atom. The van der Waals surface area contributed by atoms with Gasteiger partial charge in [0.1, 0.15) is 0 Å². The Morgan fingerprint density at radius 1 is 1.25 bits per heavy atom. The van der Waals surface area contributed by atoms with Crippen LogP contribution in [0.2, 0.25) is 0 Å². The Hall–Kier alpha value is -1.06. The van der Waals surface area contributed by atoms with Crippen molar-refractivity contribution in [2.75, 3.05) is 31.5 Å². The third-order valence-electron chi connectivity index (χ3n) is 4.32. The molecule has 1 saturated heterocycles. The fraction of sp³-hybridized carbons (Fsp3) is 0.647. The van der Waals surface area contributed by atoms with E-state index in [1.165, 1.54) is 29.7 Å². The molecule has 0 saturated carbocycles. The van der Waals surface area contributed by atoms with Crippen LogP contribution < -0.4 is 5.32 Å². The molecule has 1 N–H and O–H groups in total. The number of anilines is 1. The van der Waals surface area contributed by atoms with Crippen molar-refractivity contribution in [2.24, 2.45) is 0 Å². The van der Waals surface area contributed by atoms with Crippen molar-refractivity contribution < 1.29 is 4.74 Å². The van der Waals surface area contributed by atoms with Gasteiger partial charge in [-0.2, -0.15) is 0 Å². The van der Waals surface area contributed by atoms with E-state index in [2.05, 4.69) is 42.3 Å². The summed E-state index contributed by atoms with van der Waals surface area (Å²) < 4.78 is 5.79. The Balaban J connectivity index is 1.58. The van der Waals surface area contributed by atoms with Crippen LogP contribution in [0.1, 0.15) is 31.4 Å². The molecule has 1 fully saturated rings. The van der Waals surface area contributed by atoms with Gasteiger partial charge in [0.25, 0.3) is 0 Å². The predicted molar refractivity (Wildman–Crippen MR) is 83.4 cm³/mol. The van der Waals surface area contributed by atoms with Crippen molar-refractivity contribution in [3.63, 3.8) is 0 Å². The average molecular weight is 274 g/mol. The number of benzene rings is 1. The van der Waals surface area contributed by atoms with Crippen molar-refractivity contribution >= 4 is 5.69 Å². The number of nitrogens with zero attached hydrogens (tertiary/aromatic N) is 1. The first kappa shape index (κ1) is 13.9. The molecule has 0 aromatic heterocycles. The molecule has 1 aromatic carbocycles. The van der Waals surface area contributed by atoms with Gasteiger partial charge in [0.15, 0.2) is 0 Å². The molecule has 3 nitrogen and oxygen atoms in total. The first-order valence-corrected chi connectivity index (χ1v) is 7.94. The van der Waals surface area contributed by atoms with E-state index in [0.717, 1.165) is 32.6 Å². The van der Waals surface area contributed by atoms with E-state index in [0.29, 0.717) is 12.2 Å². The van der Waals surface area contributed by atoms with E-state index in [1.54, 1.807) is 0 Å². The number of ether oxygens (including phenoxy) is 1. The monoisotopic (exact) mass is 274 g/mol. The first-order valence-electron chi connectivity index (χ1n) is 7.94. The summed E-state index contributed by atoms with van der Waals surface area (Å²) in [6, 6.07) is 6.94. The van der Waals surface area contributed by atoms with Gasteiger partial charge in [-0.15, -0.1) is 0 Å². The molecule has 0 aliphatic carbocycles. The third-order valence-corrected chi connectivity index (χ3v) is 4.32. The normalized spacial score (nSPS) is 26.9. The molecule has 0 radical (unpaired) electrons. The first-order chi connectivity index (χ1) is 9.70. The Morgan fingerprint density at radius 2 is 2.05 bits per heavy atom. The predicted octanol–water partition coefficient (Wildman–Crippen LogP) is 2.70. The van der Waals surface area contributed by atoms with Gasteiger partial charge >= 0.3 is 0 Å². The lowest BCUT2D eigenvalue weighted by Crippen LogP contribution is -2.46. The fourth-order valence-corrected chi connectivity index (χ4v) is 3.44. The van der Waals surface area contributed by atoms with E-state index in [4.69, 9.17) is 4.74 Å². The maximum atomic E-state index is 5.79. The molecule has 0 spiro atoms. The molecule has 110 valence electrons.